The molecular weight excluding hydrogens is 300 g/mol. The van der Waals surface area contributed by atoms with Gasteiger partial charge in [-0.15, -0.1) is 0 Å². The molecule has 0 atom stereocenters. The van der Waals surface area contributed by atoms with E-state index in [2.05, 4.69) is 5.32 Å². The van der Waals surface area contributed by atoms with Crippen molar-refractivity contribution in [2.45, 2.75) is 0 Å². The number of nitrogens with one attached hydrogen (secondary N) is 1. The first-order valence-corrected chi connectivity index (χ1v) is 6.26. The van der Waals surface area contributed by atoms with Gasteiger partial charge in [-0.1, -0.05) is 64.6 Å². The molecule has 2 aromatic carbocycles. The van der Waals surface area contributed by atoms with Gasteiger partial charge in [0.05, 0.1) is 25.8 Å². The van der Waals surface area contributed by atoms with Gasteiger partial charge >= 0.3 is 0 Å². The van der Waals surface area contributed by atoms with Crippen LogP contribution in [0.3, 0.4) is 0 Å². The molecule has 1 nitrogen and oxygen atoms in total. The van der Waals surface area contributed by atoms with Gasteiger partial charge in [-0.05, 0) is 18.2 Å². The molecule has 0 bridgehead atoms. The lowest BCUT2D eigenvalue weighted by atomic mass is 10.2. The van der Waals surface area contributed by atoms with Crippen molar-refractivity contribution < 1.29 is 0 Å². The van der Waals surface area contributed by atoms with E-state index in [0.717, 1.165) is 5.69 Å². The summed E-state index contributed by atoms with van der Waals surface area (Å²) in [5.41, 5.74) is 1.51. The third kappa shape index (κ3) is 2.80. The second-order valence-electron chi connectivity index (χ2n) is 3.34. The Hall–Kier alpha value is -0.600. The van der Waals surface area contributed by atoms with Gasteiger partial charge < -0.3 is 5.32 Å². The quantitative estimate of drug-likeness (QED) is 0.526. The van der Waals surface area contributed by atoms with Gasteiger partial charge in [-0.2, -0.15) is 0 Å². The summed E-state index contributed by atoms with van der Waals surface area (Å²) in [5, 5.41) is 4.34. The summed E-state index contributed by atoms with van der Waals surface area (Å²) in [6.07, 6.45) is 0. The second-order valence-corrected chi connectivity index (χ2v) is 4.88. The second kappa shape index (κ2) is 5.36. The zero-order chi connectivity index (χ0) is 12.4. The molecule has 0 saturated carbocycles. The molecule has 17 heavy (non-hydrogen) atoms. The van der Waals surface area contributed by atoms with E-state index in [0.29, 0.717) is 15.7 Å². The van der Waals surface area contributed by atoms with E-state index in [1.54, 1.807) is 6.07 Å². The number of hydrogen-bond acceptors (Lipinski definition) is 1. The number of halogens is 4. The average Bonchev–Trinajstić information content (AvgIpc) is 2.35. The van der Waals surface area contributed by atoms with Crippen LogP contribution in [-0.2, 0) is 0 Å². The average molecular weight is 307 g/mol. The molecule has 2 rings (SSSR count). The Balaban J connectivity index is 2.41. The van der Waals surface area contributed by atoms with Crippen molar-refractivity contribution >= 4 is 57.8 Å². The van der Waals surface area contributed by atoms with Crippen molar-refractivity contribution in [1.82, 2.24) is 0 Å². The Morgan fingerprint density at radius 3 is 2.06 bits per heavy atom. The predicted octanol–water partition coefficient (Wildman–Crippen LogP) is 6.04. The Bertz CT molecular complexity index is 540. The van der Waals surface area contributed by atoms with Crippen LogP contribution in [-0.4, -0.2) is 0 Å². The minimum Gasteiger partial charge on any atom is -0.354 e. The smallest absolute Gasteiger partial charge is 0.0843 e. The lowest BCUT2D eigenvalue weighted by molar-refractivity contribution is 1.55. The highest BCUT2D eigenvalue weighted by Gasteiger charge is 2.13. The van der Waals surface area contributed by atoms with Crippen molar-refractivity contribution in [2.24, 2.45) is 0 Å². The Labute approximate surface area is 119 Å². The maximum absolute atomic E-state index is 6.08. The molecule has 0 saturated heterocycles. The molecule has 0 aromatic heterocycles. The van der Waals surface area contributed by atoms with Gasteiger partial charge in [0.1, 0.15) is 0 Å². The van der Waals surface area contributed by atoms with Crippen molar-refractivity contribution in [3.63, 3.8) is 0 Å². The van der Waals surface area contributed by atoms with Crippen LogP contribution in [0.1, 0.15) is 0 Å². The highest BCUT2D eigenvalue weighted by atomic mass is 35.5. The standard InChI is InChI=1S/C12H7Cl4N/c13-8-6-9(11(15)12(16)10(8)14)17-7-4-2-1-3-5-7/h1-6,17H. The molecule has 0 fully saturated rings. The fraction of sp³-hybridized carbons (Fsp3) is 0. The summed E-state index contributed by atoms with van der Waals surface area (Å²) in [6.45, 7) is 0. The van der Waals surface area contributed by atoms with Crippen LogP contribution in [0.15, 0.2) is 36.4 Å². The summed E-state index contributed by atoms with van der Waals surface area (Å²) in [7, 11) is 0. The molecule has 0 heterocycles. The normalized spacial score (nSPS) is 10.4. The number of para-hydroxylation sites is 1. The molecule has 0 amide bonds. The molecule has 0 aliphatic heterocycles. The number of hydrogen-bond donors (Lipinski definition) is 1. The summed E-state index contributed by atoms with van der Waals surface area (Å²) >= 11 is 23.9. The van der Waals surface area contributed by atoms with E-state index < -0.39 is 0 Å². The number of rotatable bonds is 2. The van der Waals surface area contributed by atoms with Gasteiger partial charge in [0.25, 0.3) is 0 Å². The van der Waals surface area contributed by atoms with Crippen LogP contribution in [0.5, 0.6) is 0 Å². The Morgan fingerprint density at radius 1 is 0.765 bits per heavy atom. The topological polar surface area (TPSA) is 12.0 Å². The minimum atomic E-state index is 0.249. The van der Waals surface area contributed by atoms with E-state index in [9.17, 15) is 0 Å². The molecule has 5 heteroatoms. The number of benzene rings is 2. The van der Waals surface area contributed by atoms with E-state index in [1.807, 2.05) is 30.3 Å². The third-order valence-corrected chi connectivity index (χ3v) is 3.91. The van der Waals surface area contributed by atoms with Gasteiger partial charge in [-0.3, -0.25) is 0 Å². The SMILES string of the molecule is Clc1cc(Nc2ccccc2)c(Cl)c(Cl)c1Cl. The monoisotopic (exact) mass is 305 g/mol. The fourth-order valence-corrected chi connectivity index (χ4v) is 2.19. The summed E-state index contributed by atoms with van der Waals surface area (Å²) < 4.78 is 0. The zero-order valence-electron chi connectivity index (χ0n) is 8.48. The molecule has 1 N–H and O–H groups in total. The molecule has 88 valence electrons. The molecule has 0 aliphatic rings. The maximum atomic E-state index is 6.08. The third-order valence-electron chi connectivity index (χ3n) is 2.16. The molecule has 0 spiro atoms. The van der Waals surface area contributed by atoms with Crippen molar-refractivity contribution in [3.8, 4) is 0 Å². The number of anilines is 2. The van der Waals surface area contributed by atoms with E-state index >= 15 is 0 Å². The Kier molecular flexibility index (Phi) is 4.05. The lowest BCUT2D eigenvalue weighted by Crippen LogP contribution is -1.92. The van der Waals surface area contributed by atoms with Crippen LogP contribution >= 0.6 is 46.4 Å². The molecule has 2 aromatic rings. The lowest BCUT2D eigenvalue weighted by Gasteiger charge is -2.11. The van der Waals surface area contributed by atoms with Crippen LogP contribution in [0.4, 0.5) is 11.4 Å². The van der Waals surface area contributed by atoms with Crippen molar-refractivity contribution in [3.05, 3.63) is 56.5 Å². The zero-order valence-corrected chi connectivity index (χ0v) is 11.5. The van der Waals surface area contributed by atoms with Gasteiger partial charge in [0.15, 0.2) is 0 Å². The van der Waals surface area contributed by atoms with E-state index in [4.69, 9.17) is 46.4 Å². The maximum Gasteiger partial charge on any atom is 0.0843 e. The molecule has 0 aliphatic carbocycles. The van der Waals surface area contributed by atoms with Gasteiger partial charge in [0.2, 0.25) is 0 Å². The van der Waals surface area contributed by atoms with Crippen LogP contribution < -0.4 is 5.32 Å². The largest absolute Gasteiger partial charge is 0.354 e. The highest BCUT2D eigenvalue weighted by Crippen LogP contribution is 2.41. The minimum absolute atomic E-state index is 0.249. The van der Waals surface area contributed by atoms with E-state index in [-0.39, 0.29) is 10.0 Å². The Morgan fingerprint density at radius 2 is 1.41 bits per heavy atom. The van der Waals surface area contributed by atoms with Gasteiger partial charge in [-0.25, -0.2) is 0 Å². The van der Waals surface area contributed by atoms with Crippen LogP contribution in [0.2, 0.25) is 20.1 Å². The summed E-state index contributed by atoms with van der Waals surface area (Å²) in [6, 6.07) is 11.2. The highest BCUT2D eigenvalue weighted by molar-refractivity contribution is 6.52. The molecule has 0 unspecified atom stereocenters. The van der Waals surface area contributed by atoms with Crippen molar-refractivity contribution in [1.29, 1.82) is 0 Å². The van der Waals surface area contributed by atoms with Crippen LogP contribution in [0.25, 0.3) is 0 Å². The summed E-state index contributed by atoms with van der Waals surface area (Å²) in [4.78, 5) is 0. The first kappa shape index (κ1) is 12.8. The summed E-state index contributed by atoms with van der Waals surface area (Å²) in [5.74, 6) is 0. The van der Waals surface area contributed by atoms with Crippen molar-refractivity contribution in [2.75, 3.05) is 5.32 Å². The van der Waals surface area contributed by atoms with Gasteiger partial charge in [0, 0.05) is 5.69 Å². The molecular formula is C12H7Cl4N. The first-order valence-electron chi connectivity index (χ1n) is 4.74. The first-order chi connectivity index (χ1) is 8.09. The predicted molar refractivity (Wildman–Crippen MR) is 76.2 cm³/mol. The molecule has 0 radical (unpaired) electrons. The van der Waals surface area contributed by atoms with Crippen LogP contribution in [0, 0.1) is 0 Å². The van der Waals surface area contributed by atoms with E-state index in [1.165, 1.54) is 0 Å². The fourth-order valence-electron chi connectivity index (χ4n) is 1.34.